The normalized spacial score (nSPS) is 10.9. The van der Waals surface area contributed by atoms with Crippen molar-refractivity contribution in [2.75, 3.05) is 0 Å². The highest BCUT2D eigenvalue weighted by atomic mass is 16.3. The highest BCUT2D eigenvalue weighted by Crippen LogP contribution is 2.49. The minimum absolute atomic E-state index is 0.106. The topological polar surface area (TPSA) is 101 Å². The van der Waals surface area contributed by atoms with Crippen LogP contribution in [0.25, 0.3) is 21.9 Å². The first-order valence-corrected chi connectivity index (χ1v) is 6.18. The Morgan fingerprint density at radius 3 is 2.10 bits per heavy atom. The van der Waals surface area contributed by atoms with Crippen LogP contribution in [0.2, 0.25) is 0 Å². The fourth-order valence-electron chi connectivity index (χ4n) is 2.37. The van der Waals surface area contributed by atoms with Gasteiger partial charge in [0.1, 0.15) is 0 Å². The molecule has 3 aromatic rings. The van der Waals surface area contributed by atoms with Gasteiger partial charge < -0.3 is 25.5 Å². The van der Waals surface area contributed by atoms with E-state index in [1.165, 1.54) is 18.2 Å². The van der Waals surface area contributed by atoms with Crippen molar-refractivity contribution in [2.24, 2.45) is 0 Å². The third kappa shape index (κ3) is 1.87. The maximum absolute atomic E-state index is 10.1. The number of aromatic hydroxyl groups is 5. The van der Waals surface area contributed by atoms with Gasteiger partial charge in [0.2, 0.25) is 5.75 Å². The third-order valence-corrected chi connectivity index (χ3v) is 3.40. The average molecular weight is 284 g/mol. The largest absolute Gasteiger partial charge is 0.504 e. The lowest BCUT2D eigenvalue weighted by molar-refractivity contribution is 0.368. The van der Waals surface area contributed by atoms with E-state index in [0.717, 1.165) is 0 Å². The fraction of sp³-hybridized carbons (Fsp3) is 0. The lowest BCUT2D eigenvalue weighted by Crippen LogP contribution is -1.86. The van der Waals surface area contributed by atoms with E-state index in [4.69, 9.17) is 0 Å². The summed E-state index contributed by atoms with van der Waals surface area (Å²) in [5.41, 5.74) is 0.285. The Labute approximate surface area is 119 Å². The second kappa shape index (κ2) is 4.49. The number of hydrogen-bond acceptors (Lipinski definition) is 5. The predicted molar refractivity (Wildman–Crippen MR) is 77.7 cm³/mol. The molecule has 0 heterocycles. The van der Waals surface area contributed by atoms with Crippen molar-refractivity contribution in [1.29, 1.82) is 0 Å². The second-order valence-electron chi connectivity index (χ2n) is 4.67. The predicted octanol–water partition coefficient (Wildman–Crippen LogP) is 3.03. The highest BCUT2D eigenvalue weighted by molar-refractivity contribution is 6.03. The standard InChI is InChI=1S/C16H12O5/c17-11-6-5-10(14(19)16(11)21)13-9-4-2-1-3-8(9)7-12(18)15(13)20/h1-7,17-21H. The van der Waals surface area contributed by atoms with Crippen molar-refractivity contribution >= 4 is 10.8 Å². The van der Waals surface area contributed by atoms with E-state index in [0.29, 0.717) is 10.8 Å². The van der Waals surface area contributed by atoms with E-state index >= 15 is 0 Å². The van der Waals surface area contributed by atoms with Crippen LogP contribution in [0.4, 0.5) is 0 Å². The Morgan fingerprint density at radius 1 is 0.619 bits per heavy atom. The minimum Gasteiger partial charge on any atom is -0.504 e. The number of hydrogen-bond donors (Lipinski definition) is 5. The van der Waals surface area contributed by atoms with Gasteiger partial charge in [-0.2, -0.15) is 0 Å². The zero-order valence-corrected chi connectivity index (χ0v) is 10.8. The van der Waals surface area contributed by atoms with Gasteiger partial charge in [0, 0.05) is 11.1 Å². The summed E-state index contributed by atoms with van der Waals surface area (Å²) >= 11 is 0. The summed E-state index contributed by atoms with van der Waals surface area (Å²) < 4.78 is 0. The quantitative estimate of drug-likeness (QED) is 0.442. The Balaban J connectivity index is 2.45. The molecular formula is C16H12O5. The van der Waals surface area contributed by atoms with Gasteiger partial charge >= 0.3 is 0 Å². The molecule has 0 aliphatic heterocycles. The van der Waals surface area contributed by atoms with E-state index < -0.39 is 23.0 Å². The molecule has 0 fully saturated rings. The SMILES string of the molecule is Oc1ccc(-c2c(O)c(O)cc3ccccc23)c(O)c1O. The van der Waals surface area contributed by atoms with Crippen molar-refractivity contribution in [1.82, 2.24) is 0 Å². The van der Waals surface area contributed by atoms with Crippen LogP contribution in [0.3, 0.4) is 0 Å². The van der Waals surface area contributed by atoms with Gasteiger partial charge in [0.25, 0.3) is 0 Å². The van der Waals surface area contributed by atoms with E-state index in [1.807, 2.05) is 0 Å². The molecule has 0 aromatic heterocycles. The Hall–Kier alpha value is -3.08. The molecule has 0 aliphatic rings. The van der Waals surface area contributed by atoms with Crippen LogP contribution in [-0.2, 0) is 0 Å². The maximum atomic E-state index is 10.1. The Kier molecular flexibility index (Phi) is 2.76. The van der Waals surface area contributed by atoms with Crippen LogP contribution in [0, 0.1) is 0 Å². The first kappa shape index (κ1) is 12.9. The molecule has 0 atom stereocenters. The van der Waals surface area contributed by atoms with Crippen molar-refractivity contribution in [3.8, 4) is 39.9 Å². The van der Waals surface area contributed by atoms with Crippen LogP contribution in [0.1, 0.15) is 0 Å². The van der Waals surface area contributed by atoms with Crippen LogP contribution >= 0.6 is 0 Å². The number of phenolic OH excluding ortho intramolecular Hbond substituents is 5. The van der Waals surface area contributed by atoms with E-state index in [2.05, 4.69) is 0 Å². The number of rotatable bonds is 1. The molecule has 0 bridgehead atoms. The molecule has 21 heavy (non-hydrogen) atoms. The summed E-state index contributed by atoms with van der Waals surface area (Å²) in [6.45, 7) is 0. The Morgan fingerprint density at radius 2 is 1.33 bits per heavy atom. The van der Waals surface area contributed by atoms with Crippen LogP contribution < -0.4 is 0 Å². The van der Waals surface area contributed by atoms with E-state index in [-0.39, 0.29) is 16.9 Å². The first-order valence-electron chi connectivity index (χ1n) is 6.18. The van der Waals surface area contributed by atoms with Gasteiger partial charge in [0.15, 0.2) is 23.0 Å². The maximum Gasteiger partial charge on any atom is 0.200 e. The molecule has 106 valence electrons. The smallest absolute Gasteiger partial charge is 0.200 e. The Bertz CT molecular complexity index is 855. The summed E-state index contributed by atoms with van der Waals surface area (Å²) in [5.74, 6) is -2.47. The van der Waals surface area contributed by atoms with Crippen molar-refractivity contribution < 1.29 is 25.5 Å². The molecular weight excluding hydrogens is 272 g/mol. The van der Waals surface area contributed by atoms with Gasteiger partial charge in [-0.1, -0.05) is 24.3 Å². The summed E-state index contributed by atoms with van der Waals surface area (Å²) in [6, 6.07) is 10.9. The summed E-state index contributed by atoms with van der Waals surface area (Å²) in [7, 11) is 0. The molecule has 0 amide bonds. The second-order valence-corrected chi connectivity index (χ2v) is 4.67. The molecule has 5 heteroatoms. The summed E-state index contributed by atoms with van der Waals surface area (Å²) in [6.07, 6.45) is 0. The molecule has 3 aromatic carbocycles. The number of benzene rings is 3. The molecule has 0 unspecified atom stereocenters. The molecule has 0 saturated heterocycles. The monoisotopic (exact) mass is 284 g/mol. The van der Waals surface area contributed by atoms with Crippen molar-refractivity contribution in [3.63, 3.8) is 0 Å². The first-order chi connectivity index (χ1) is 10.0. The molecule has 0 saturated carbocycles. The lowest BCUT2D eigenvalue weighted by atomic mass is 9.95. The molecule has 5 nitrogen and oxygen atoms in total. The summed E-state index contributed by atoms with van der Waals surface area (Å²) in [4.78, 5) is 0. The number of fused-ring (bicyclic) bond motifs is 1. The average Bonchev–Trinajstić information content (AvgIpc) is 2.48. The van der Waals surface area contributed by atoms with Gasteiger partial charge in [0.05, 0.1) is 0 Å². The zero-order valence-electron chi connectivity index (χ0n) is 10.8. The molecule has 0 spiro atoms. The highest BCUT2D eigenvalue weighted by Gasteiger charge is 2.20. The van der Waals surface area contributed by atoms with E-state index in [9.17, 15) is 25.5 Å². The van der Waals surface area contributed by atoms with Crippen molar-refractivity contribution in [3.05, 3.63) is 42.5 Å². The van der Waals surface area contributed by atoms with Crippen molar-refractivity contribution in [2.45, 2.75) is 0 Å². The van der Waals surface area contributed by atoms with Gasteiger partial charge in [-0.25, -0.2) is 0 Å². The molecule has 3 rings (SSSR count). The molecule has 5 N–H and O–H groups in total. The zero-order chi connectivity index (χ0) is 15.1. The third-order valence-electron chi connectivity index (χ3n) is 3.40. The lowest BCUT2D eigenvalue weighted by Gasteiger charge is -2.13. The number of phenols is 5. The fourth-order valence-corrected chi connectivity index (χ4v) is 2.37. The van der Waals surface area contributed by atoms with E-state index in [1.54, 1.807) is 24.3 Å². The van der Waals surface area contributed by atoms with Crippen LogP contribution in [-0.4, -0.2) is 25.5 Å². The van der Waals surface area contributed by atoms with Gasteiger partial charge in [-0.3, -0.25) is 0 Å². The summed E-state index contributed by atoms with van der Waals surface area (Å²) in [5, 5.41) is 50.2. The minimum atomic E-state index is -0.681. The van der Waals surface area contributed by atoms with Gasteiger partial charge in [-0.05, 0) is 29.0 Å². The molecule has 0 aliphatic carbocycles. The van der Waals surface area contributed by atoms with Gasteiger partial charge in [-0.15, -0.1) is 0 Å². The van der Waals surface area contributed by atoms with Crippen LogP contribution in [0.15, 0.2) is 42.5 Å². The molecule has 0 radical (unpaired) electrons. The van der Waals surface area contributed by atoms with Crippen LogP contribution in [0.5, 0.6) is 28.7 Å².